The third-order valence-electron chi connectivity index (χ3n) is 4.00. The van der Waals surface area contributed by atoms with Crippen molar-refractivity contribution in [2.24, 2.45) is 5.92 Å². The van der Waals surface area contributed by atoms with Gasteiger partial charge < -0.3 is 10.2 Å². The van der Waals surface area contributed by atoms with Crippen molar-refractivity contribution in [3.05, 3.63) is 33.3 Å². The van der Waals surface area contributed by atoms with Gasteiger partial charge in [-0.05, 0) is 43.5 Å². The van der Waals surface area contributed by atoms with Crippen molar-refractivity contribution < 1.29 is 4.79 Å². The van der Waals surface area contributed by atoms with E-state index in [1.165, 1.54) is 12.8 Å². The molecular formula is C14H16BrClN2O. The molecule has 1 N–H and O–H groups in total. The summed E-state index contributed by atoms with van der Waals surface area (Å²) in [6, 6.07) is 5.84. The molecular weight excluding hydrogens is 328 g/mol. The molecule has 5 heteroatoms. The maximum Gasteiger partial charge on any atom is 0.254 e. The van der Waals surface area contributed by atoms with Crippen molar-refractivity contribution in [2.45, 2.75) is 18.9 Å². The second kappa shape index (κ2) is 5.43. The third kappa shape index (κ3) is 2.81. The number of benzene rings is 1. The predicted molar refractivity (Wildman–Crippen MR) is 79.6 cm³/mol. The second-order valence-electron chi connectivity index (χ2n) is 5.33. The van der Waals surface area contributed by atoms with Crippen molar-refractivity contribution in [1.29, 1.82) is 0 Å². The Morgan fingerprint density at radius 1 is 1.37 bits per heavy atom. The van der Waals surface area contributed by atoms with E-state index in [0.29, 0.717) is 22.5 Å². The Morgan fingerprint density at radius 3 is 2.95 bits per heavy atom. The summed E-state index contributed by atoms with van der Waals surface area (Å²) >= 11 is 9.39. The van der Waals surface area contributed by atoms with Gasteiger partial charge in [0.25, 0.3) is 5.91 Å². The van der Waals surface area contributed by atoms with Gasteiger partial charge in [-0.1, -0.05) is 27.5 Å². The molecule has 2 fully saturated rings. The molecule has 0 radical (unpaired) electrons. The van der Waals surface area contributed by atoms with Crippen LogP contribution in [0, 0.1) is 5.92 Å². The molecule has 1 aromatic rings. The Kier molecular flexibility index (Phi) is 3.83. The molecule has 102 valence electrons. The molecule has 19 heavy (non-hydrogen) atoms. The van der Waals surface area contributed by atoms with E-state index in [1.54, 1.807) is 12.1 Å². The van der Waals surface area contributed by atoms with E-state index in [-0.39, 0.29) is 5.91 Å². The summed E-state index contributed by atoms with van der Waals surface area (Å²) in [5, 5.41) is 4.10. The Balaban J connectivity index is 1.77. The summed E-state index contributed by atoms with van der Waals surface area (Å²) < 4.78 is 0.845. The van der Waals surface area contributed by atoms with Gasteiger partial charge in [-0.25, -0.2) is 0 Å². The number of carbonyl (C=O) groups excluding carboxylic acids is 1. The van der Waals surface area contributed by atoms with Crippen LogP contribution in [0.4, 0.5) is 0 Å². The summed E-state index contributed by atoms with van der Waals surface area (Å²) in [5.74, 6) is 0.694. The number of rotatable bonds is 1. The van der Waals surface area contributed by atoms with Gasteiger partial charge >= 0.3 is 0 Å². The van der Waals surface area contributed by atoms with Gasteiger partial charge in [0.05, 0.1) is 0 Å². The molecule has 3 rings (SSSR count). The zero-order valence-corrected chi connectivity index (χ0v) is 12.9. The average Bonchev–Trinajstić information content (AvgIpc) is 2.80. The van der Waals surface area contributed by atoms with Gasteiger partial charge in [0, 0.05) is 34.2 Å². The van der Waals surface area contributed by atoms with Crippen LogP contribution in [0.1, 0.15) is 23.2 Å². The smallest absolute Gasteiger partial charge is 0.254 e. The highest BCUT2D eigenvalue weighted by Crippen LogP contribution is 2.27. The van der Waals surface area contributed by atoms with Gasteiger partial charge in [0.15, 0.2) is 0 Å². The van der Waals surface area contributed by atoms with E-state index in [4.69, 9.17) is 11.6 Å². The highest BCUT2D eigenvalue weighted by atomic mass is 79.9. The molecule has 0 saturated carbocycles. The van der Waals surface area contributed by atoms with Crippen molar-refractivity contribution >= 4 is 33.4 Å². The maximum absolute atomic E-state index is 12.5. The molecule has 0 aromatic heterocycles. The third-order valence-corrected chi connectivity index (χ3v) is 4.67. The summed E-state index contributed by atoms with van der Waals surface area (Å²) in [5.41, 5.74) is 0.665. The van der Waals surface area contributed by atoms with Gasteiger partial charge in [-0.3, -0.25) is 4.79 Å². The number of nitrogens with one attached hydrogen (secondary N) is 1. The Bertz CT molecular complexity index is 474. The van der Waals surface area contributed by atoms with Gasteiger partial charge in [-0.15, -0.1) is 0 Å². The zero-order chi connectivity index (χ0) is 13.4. The van der Waals surface area contributed by atoms with Crippen molar-refractivity contribution in [3.63, 3.8) is 0 Å². The maximum atomic E-state index is 12.5. The Morgan fingerprint density at radius 2 is 2.21 bits per heavy atom. The molecule has 0 bridgehead atoms. The number of amides is 1. The van der Waals surface area contributed by atoms with Crippen molar-refractivity contribution in [1.82, 2.24) is 10.2 Å². The molecule has 2 unspecified atom stereocenters. The second-order valence-corrected chi connectivity index (χ2v) is 6.68. The van der Waals surface area contributed by atoms with Crippen LogP contribution in [0.25, 0.3) is 0 Å². The summed E-state index contributed by atoms with van der Waals surface area (Å²) in [6.07, 6.45) is 2.44. The minimum Gasteiger partial charge on any atom is -0.337 e. The highest BCUT2D eigenvalue weighted by molar-refractivity contribution is 9.10. The van der Waals surface area contributed by atoms with E-state index in [9.17, 15) is 4.79 Å². The molecule has 3 nitrogen and oxygen atoms in total. The zero-order valence-electron chi connectivity index (χ0n) is 10.5. The van der Waals surface area contributed by atoms with Crippen molar-refractivity contribution in [3.8, 4) is 0 Å². The first-order valence-corrected chi connectivity index (χ1v) is 7.79. The normalized spacial score (nSPS) is 26.3. The lowest BCUT2D eigenvalue weighted by Crippen LogP contribution is -2.41. The summed E-state index contributed by atoms with van der Waals surface area (Å²) in [6.45, 7) is 2.75. The monoisotopic (exact) mass is 342 g/mol. The fourth-order valence-electron chi connectivity index (χ4n) is 3.07. The quantitative estimate of drug-likeness (QED) is 0.850. The summed E-state index contributed by atoms with van der Waals surface area (Å²) in [7, 11) is 0. The molecule has 1 amide bonds. The minimum absolute atomic E-state index is 0.0828. The molecule has 2 atom stereocenters. The lowest BCUT2D eigenvalue weighted by atomic mass is 9.94. The fourth-order valence-corrected chi connectivity index (χ4v) is 3.93. The van der Waals surface area contributed by atoms with Crippen LogP contribution in [0.15, 0.2) is 22.7 Å². The van der Waals surface area contributed by atoms with E-state index in [2.05, 4.69) is 21.2 Å². The fraction of sp³-hybridized carbons (Fsp3) is 0.500. The topological polar surface area (TPSA) is 32.3 Å². The SMILES string of the molecule is O=C(c1cc(Cl)cc(Br)c1)N1CC2CCCNC2C1. The number of likely N-dealkylation sites (tertiary alicyclic amines) is 1. The molecule has 2 heterocycles. The van der Waals surface area contributed by atoms with Gasteiger partial charge in [-0.2, -0.15) is 0 Å². The number of nitrogens with zero attached hydrogens (tertiary/aromatic N) is 1. The molecule has 1 aromatic carbocycles. The number of hydrogen-bond acceptors (Lipinski definition) is 2. The van der Waals surface area contributed by atoms with Gasteiger partial charge in [0.1, 0.15) is 0 Å². The highest BCUT2D eigenvalue weighted by Gasteiger charge is 2.36. The lowest BCUT2D eigenvalue weighted by molar-refractivity contribution is 0.0785. The van der Waals surface area contributed by atoms with E-state index in [0.717, 1.165) is 24.1 Å². The number of hydrogen-bond donors (Lipinski definition) is 1. The molecule has 0 aliphatic carbocycles. The van der Waals surface area contributed by atoms with Crippen LogP contribution >= 0.6 is 27.5 Å². The number of piperidine rings is 1. The average molecular weight is 344 g/mol. The standard InChI is InChI=1S/C14H16BrClN2O/c15-11-4-10(5-12(16)6-11)14(19)18-7-9-2-1-3-17-13(9)8-18/h4-6,9,13,17H,1-3,7-8H2. The number of fused-ring (bicyclic) bond motifs is 1. The summed E-state index contributed by atoms with van der Waals surface area (Å²) in [4.78, 5) is 14.5. The molecule has 2 aliphatic rings. The van der Waals surface area contributed by atoms with Crippen LogP contribution in [-0.4, -0.2) is 36.5 Å². The molecule has 2 saturated heterocycles. The Labute approximate surface area is 126 Å². The van der Waals surface area contributed by atoms with E-state index < -0.39 is 0 Å². The number of carbonyl (C=O) groups is 1. The van der Waals surface area contributed by atoms with Crippen LogP contribution < -0.4 is 5.32 Å². The first kappa shape index (κ1) is 13.4. The lowest BCUT2D eigenvalue weighted by Gasteiger charge is -2.24. The first-order chi connectivity index (χ1) is 9.13. The predicted octanol–water partition coefficient (Wildman–Crippen LogP) is 2.93. The number of halogens is 2. The largest absolute Gasteiger partial charge is 0.337 e. The van der Waals surface area contributed by atoms with Crippen LogP contribution in [0.5, 0.6) is 0 Å². The van der Waals surface area contributed by atoms with Gasteiger partial charge in [0.2, 0.25) is 0 Å². The Hall–Kier alpha value is -0.580. The first-order valence-electron chi connectivity index (χ1n) is 6.62. The molecule has 2 aliphatic heterocycles. The minimum atomic E-state index is 0.0828. The molecule has 0 spiro atoms. The van der Waals surface area contributed by atoms with E-state index in [1.807, 2.05) is 11.0 Å². The van der Waals surface area contributed by atoms with Crippen LogP contribution in [0.3, 0.4) is 0 Å². The van der Waals surface area contributed by atoms with Crippen LogP contribution in [0.2, 0.25) is 5.02 Å². The van der Waals surface area contributed by atoms with Crippen molar-refractivity contribution in [2.75, 3.05) is 19.6 Å². The van der Waals surface area contributed by atoms with Crippen LogP contribution in [-0.2, 0) is 0 Å². The van der Waals surface area contributed by atoms with E-state index >= 15 is 0 Å².